The number of pyridine rings is 3. The number of aromatic nitrogens is 3. The molecular weight excluding hydrogens is 318 g/mol. The minimum Gasteiger partial charge on any atom is -0.236 e. The highest BCUT2D eigenvalue weighted by Crippen LogP contribution is 2.25. The Morgan fingerprint density at radius 2 is 1.23 bits per heavy atom. The van der Waals surface area contributed by atoms with Crippen LogP contribution in [0, 0.1) is 0 Å². The summed E-state index contributed by atoms with van der Waals surface area (Å²) in [5.74, 6) is 0. The largest absolute Gasteiger partial charge is 0.236 e. The third kappa shape index (κ3) is 2.60. The molecule has 0 saturated heterocycles. The summed E-state index contributed by atoms with van der Waals surface area (Å²) >= 11 is 0. The summed E-state index contributed by atoms with van der Waals surface area (Å²) in [6.45, 7) is 0. The summed E-state index contributed by atoms with van der Waals surface area (Å²) in [6, 6.07) is 28.8. The normalized spacial score (nSPS) is 11.1. The Morgan fingerprint density at radius 1 is 0.500 bits per heavy atom. The summed E-state index contributed by atoms with van der Waals surface area (Å²) < 4.78 is 0. The fourth-order valence-electron chi connectivity index (χ4n) is 3.16. The first kappa shape index (κ1) is 14.7. The van der Waals surface area contributed by atoms with Crippen molar-refractivity contribution in [3.63, 3.8) is 0 Å². The van der Waals surface area contributed by atoms with Crippen molar-refractivity contribution in [2.45, 2.75) is 0 Å². The van der Waals surface area contributed by atoms with Gasteiger partial charge in [-0.25, -0.2) is 15.0 Å². The zero-order valence-electron chi connectivity index (χ0n) is 14.0. The Hall–Kier alpha value is -3.59. The summed E-state index contributed by atoms with van der Waals surface area (Å²) in [6.07, 6.45) is 1.87. The molecule has 122 valence electrons. The van der Waals surface area contributed by atoms with E-state index in [1.807, 2.05) is 48.7 Å². The van der Waals surface area contributed by atoms with Crippen LogP contribution >= 0.6 is 0 Å². The van der Waals surface area contributed by atoms with Gasteiger partial charge in [-0.05, 0) is 29.8 Å². The van der Waals surface area contributed by atoms with Crippen molar-refractivity contribution in [3.8, 4) is 22.4 Å². The molecule has 0 atom stereocenters. The van der Waals surface area contributed by atoms with Gasteiger partial charge < -0.3 is 0 Å². The molecule has 0 radical (unpaired) electrons. The van der Waals surface area contributed by atoms with Crippen LogP contribution in [0.2, 0.25) is 0 Å². The first-order chi connectivity index (χ1) is 12.9. The second kappa shape index (κ2) is 6.05. The molecule has 3 heteroatoms. The van der Waals surface area contributed by atoms with Gasteiger partial charge in [-0.2, -0.15) is 0 Å². The van der Waals surface area contributed by atoms with Crippen LogP contribution < -0.4 is 0 Å². The summed E-state index contributed by atoms with van der Waals surface area (Å²) in [7, 11) is 0. The zero-order valence-corrected chi connectivity index (χ0v) is 14.0. The first-order valence-corrected chi connectivity index (χ1v) is 8.55. The quantitative estimate of drug-likeness (QED) is 0.400. The summed E-state index contributed by atoms with van der Waals surface area (Å²) in [4.78, 5) is 14.0. The van der Waals surface area contributed by atoms with Gasteiger partial charge in [0.15, 0.2) is 11.3 Å². The maximum absolute atomic E-state index is 4.73. The van der Waals surface area contributed by atoms with Gasteiger partial charge in [0, 0.05) is 28.1 Å². The molecule has 3 heterocycles. The molecule has 26 heavy (non-hydrogen) atoms. The van der Waals surface area contributed by atoms with E-state index in [2.05, 4.69) is 52.4 Å². The number of fused-ring (bicyclic) bond motifs is 2. The Labute approximate surface area is 151 Å². The van der Waals surface area contributed by atoms with E-state index in [1.165, 1.54) is 0 Å². The number of hydrogen-bond acceptors (Lipinski definition) is 3. The minimum absolute atomic E-state index is 0.717. The van der Waals surface area contributed by atoms with Gasteiger partial charge in [0.05, 0.1) is 5.69 Å². The van der Waals surface area contributed by atoms with Crippen molar-refractivity contribution in [1.82, 2.24) is 15.0 Å². The van der Waals surface area contributed by atoms with E-state index < -0.39 is 0 Å². The van der Waals surface area contributed by atoms with E-state index in [0.717, 1.165) is 44.5 Å². The zero-order chi connectivity index (χ0) is 17.3. The molecule has 3 aromatic heterocycles. The van der Waals surface area contributed by atoms with E-state index in [-0.39, 0.29) is 0 Å². The Morgan fingerprint density at radius 3 is 2.00 bits per heavy atom. The van der Waals surface area contributed by atoms with Gasteiger partial charge in [-0.15, -0.1) is 0 Å². The van der Waals surface area contributed by atoms with Crippen LogP contribution in [-0.4, -0.2) is 15.0 Å². The lowest BCUT2D eigenvalue weighted by molar-refractivity contribution is 1.27. The standard InChI is InChI=1S/C23H15N3/c1-3-7-16(8-4-1)20-14-19-13-18-11-12-21(17-9-5-2-6-10-17)25-23(18)26-22(19)24-15-20/h1-15H. The molecule has 0 fully saturated rings. The van der Waals surface area contributed by atoms with Gasteiger partial charge >= 0.3 is 0 Å². The summed E-state index contributed by atoms with van der Waals surface area (Å²) in [5.41, 5.74) is 5.69. The molecule has 0 amide bonds. The van der Waals surface area contributed by atoms with Gasteiger partial charge in [0.2, 0.25) is 0 Å². The second-order valence-corrected chi connectivity index (χ2v) is 6.23. The lowest BCUT2D eigenvalue weighted by Gasteiger charge is -2.06. The van der Waals surface area contributed by atoms with Crippen molar-refractivity contribution in [2.75, 3.05) is 0 Å². The minimum atomic E-state index is 0.717. The molecule has 0 saturated carbocycles. The van der Waals surface area contributed by atoms with Crippen LogP contribution in [0.15, 0.2) is 91.1 Å². The Kier molecular flexibility index (Phi) is 3.42. The molecule has 0 spiro atoms. The third-order valence-electron chi connectivity index (χ3n) is 4.50. The van der Waals surface area contributed by atoms with Crippen molar-refractivity contribution < 1.29 is 0 Å². The van der Waals surface area contributed by atoms with E-state index in [0.29, 0.717) is 0 Å². The second-order valence-electron chi connectivity index (χ2n) is 6.23. The smallest absolute Gasteiger partial charge is 0.162 e. The van der Waals surface area contributed by atoms with Crippen LogP contribution in [0.25, 0.3) is 44.5 Å². The van der Waals surface area contributed by atoms with Crippen LogP contribution in [0.5, 0.6) is 0 Å². The van der Waals surface area contributed by atoms with Gasteiger partial charge in [0.1, 0.15) is 0 Å². The number of rotatable bonds is 2. The third-order valence-corrected chi connectivity index (χ3v) is 4.50. The molecule has 0 unspecified atom stereocenters. The van der Waals surface area contributed by atoms with Gasteiger partial charge in [-0.1, -0.05) is 60.7 Å². The average Bonchev–Trinajstić information content (AvgIpc) is 2.73. The van der Waals surface area contributed by atoms with E-state index in [1.54, 1.807) is 0 Å². The van der Waals surface area contributed by atoms with Crippen LogP contribution in [0.3, 0.4) is 0 Å². The van der Waals surface area contributed by atoms with E-state index >= 15 is 0 Å². The molecule has 3 nitrogen and oxygen atoms in total. The molecule has 0 aliphatic heterocycles. The average molecular weight is 333 g/mol. The Bertz CT molecular complexity index is 1120. The highest BCUT2D eigenvalue weighted by molar-refractivity contribution is 5.92. The van der Waals surface area contributed by atoms with Crippen molar-refractivity contribution >= 4 is 22.1 Å². The maximum atomic E-state index is 4.73. The fourth-order valence-corrected chi connectivity index (χ4v) is 3.16. The maximum Gasteiger partial charge on any atom is 0.162 e. The molecule has 0 aliphatic carbocycles. The monoisotopic (exact) mass is 333 g/mol. The van der Waals surface area contributed by atoms with Crippen molar-refractivity contribution in [1.29, 1.82) is 0 Å². The van der Waals surface area contributed by atoms with E-state index in [4.69, 9.17) is 4.98 Å². The van der Waals surface area contributed by atoms with Crippen LogP contribution in [0.4, 0.5) is 0 Å². The van der Waals surface area contributed by atoms with E-state index in [9.17, 15) is 0 Å². The van der Waals surface area contributed by atoms with Crippen molar-refractivity contribution in [3.05, 3.63) is 91.1 Å². The first-order valence-electron chi connectivity index (χ1n) is 8.55. The molecule has 0 bridgehead atoms. The number of benzene rings is 2. The van der Waals surface area contributed by atoms with Gasteiger partial charge in [0.25, 0.3) is 0 Å². The lowest BCUT2D eigenvalue weighted by Crippen LogP contribution is -1.91. The number of hydrogen-bond donors (Lipinski definition) is 0. The molecule has 5 rings (SSSR count). The predicted octanol–water partition coefficient (Wildman–Crippen LogP) is 5.51. The van der Waals surface area contributed by atoms with Gasteiger partial charge in [-0.3, -0.25) is 0 Å². The topological polar surface area (TPSA) is 38.7 Å². The number of nitrogens with zero attached hydrogens (tertiary/aromatic N) is 3. The SMILES string of the molecule is c1ccc(-c2cnc3nc4nc(-c5ccccc5)ccc4cc3c2)cc1. The lowest BCUT2D eigenvalue weighted by atomic mass is 10.1. The fraction of sp³-hybridized carbons (Fsp3) is 0. The predicted molar refractivity (Wildman–Crippen MR) is 106 cm³/mol. The highest BCUT2D eigenvalue weighted by Gasteiger charge is 2.07. The molecule has 5 aromatic rings. The molecule has 0 N–H and O–H groups in total. The Balaban J connectivity index is 1.65. The summed E-state index contributed by atoms with van der Waals surface area (Å²) in [5, 5.41) is 2.04. The van der Waals surface area contributed by atoms with Crippen LogP contribution in [-0.2, 0) is 0 Å². The molecular formula is C23H15N3. The highest BCUT2D eigenvalue weighted by atomic mass is 14.9. The molecule has 2 aromatic carbocycles. The van der Waals surface area contributed by atoms with Crippen molar-refractivity contribution in [2.24, 2.45) is 0 Å². The molecule has 0 aliphatic rings. The van der Waals surface area contributed by atoms with Crippen LogP contribution in [0.1, 0.15) is 0 Å².